The fourth-order valence-corrected chi connectivity index (χ4v) is 4.64. The van der Waals surface area contributed by atoms with Crippen molar-refractivity contribution < 1.29 is 62.3 Å². The highest BCUT2D eigenvalue weighted by Gasteiger charge is 2.28. The smallest absolute Gasteiger partial charge is 0.344 e. The lowest BCUT2D eigenvalue weighted by molar-refractivity contribution is -0.355. The number of carboxylic acids is 1. The molecule has 22 heteroatoms. The number of amides is 4. The predicted molar refractivity (Wildman–Crippen MR) is 164 cm³/mol. The summed E-state index contributed by atoms with van der Waals surface area (Å²) >= 11 is 0. The van der Waals surface area contributed by atoms with E-state index in [1.165, 1.54) is 0 Å². The molecule has 0 bridgehead atoms. The van der Waals surface area contributed by atoms with Crippen LogP contribution in [0.25, 0.3) is 11.0 Å². The third-order valence-electron chi connectivity index (χ3n) is 5.54. The number of hydrogen-bond acceptors (Lipinski definition) is 13. The quantitative estimate of drug-likeness (QED) is 0.0573. The number of nitrogens with zero attached hydrogens (tertiary/aromatic N) is 3. The van der Waals surface area contributed by atoms with Crippen molar-refractivity contribution >= 4 is 62.7 Å². The van der Waals surface area contributed by atoms with Gasteiger partial charge >= 0.3 is 23.9 Å². The summed E-state index contributed by atoms with van der Waals surface area (Å²) in [6.45, 7) is 2.22. The normalized spacial score (nSPS) is 11.2. The van der Waals surface area contributed by atoms with Gasteiger partial charge in [-0.25, -0.2) is 17.9 Å². The van der Waals surface area contributed by atoms with Crippen LogP contribution in [-0.2, 0) is 48.3 Å². The summed E-state index contributed by atoms with van der Waals surface area (Å²) in [5.41, 5.74) is 4.43. The number of sulfonamides is 1. The van der Waals surface area contributed by atoms with E-state index < -0.39 is 70.5 Å². The van der Waals surface area contributed by atoms with E-state index in [2.05, 4.69) is 42.0 Å². The van der Waals surface area contributed by atoms with Crippen molar-refractivity contribution in [2.45, 2.75) is 32.7 Å². The molecule has 266 valence electrons. The van der Waals surface area contributed by atoms with Gasteiger partial charge in [-0.3, -0.25) is 28.8 Å². The van der Waals surface area contributed by atoms with Crippen LogP contribution in [0.15, 0.2) is 24.3 Å². The summed E-state index contributed by atoms with van der Waals surface area (Å²) in [7, 11) is -3.92. The molecule has 1 heterocycles. The maximum absolute atomic E-state index is 12.1. The third kappa shape index (κ3) is 16.4. The standard InChI is InChI=1S/C15H28N4O8S.C11H11N5O4/c1-3-26-14(22)8-11(15(23)27-4-2)19-28(24,25)7-5-6-17-13(21)10-18-12(20)9-16;17-9(12-6-10(18)19)5-13-11(20)16-8-4-2-1-3-7(8)14-15-16/h11,19H,3-10,16H2,1-2H3,(H,17,21)(H,18,20);1-4H,5-6H2,(H,12,17)(H,13,20)(H,18,19)/p+1. The van der Waals surface area contributed by atoms with Crippen LogP contribution in [0.1, 0.15) is 26.7 Å². The Morgan fingerprint density at radius 3 is 2.17 bits per heavy atom. The first-order valence-electron chi connectivity index (χ1n) is 14.4. The molecule has 2 rings (SSSR count). The molecule has 0 saturated carbocycles. The molecule has 0 aliphatic carbocycles. The lowest BCUT2D eigenvalue weighted by atomic mass is 10.2. The number of esters is 2. The van der Waals surface area contributed by atoms with Crippen LogP contribution < -0.4 is 31.7 Å². The first-order valence-corrected chi connectivity index (χ1v) is 16.1. The van der Waals surface area contributed by atoms with E-state index in [0.717, 1.165) is 4.68 Å². The van der Waals surface area contributed by atoms with Gasteiger partial charge in [0.1, 0.15) is 18.1 Å². The summed E-state index contributed by atoms with van der Waals surface area (Å²) in [4.78, 5) is 79.2. The second kappa shape index (κ2) is 21.6. The number of rotatable bonds is 18. The number of hydrogen-bond donors (Lipinski definition) is 7. The van der Waals surface area contributed by atoms with Crippen LogP contribution in [0.3, 0.4) is 0 Å². The second-order valence-corrected chi connectivity index (χ2v) is 11.2. The maximum Gasteiger partial charge on any atom is 0.344 e. The van der Waals surface area contributed by atoms with Crippen molar-refractivity contribution in [2.75, 3.05) is 51.7 Å². The molecule has 1 unspecified atom stereocenters. The van der Waals surface area contributed by atoms with Crippen molar-refractivity contribution in [1.82, 2.24) is 41.0 Å². The average molecular weight is 703 g/mol. The van der Waals surface area contributed by atoms with Crippen molar-refractivity contribution in [2.24, 2.45) is 0 Å². The van der Waals surface area contributed by atoms with Gasteiger partial charge in [-0.05, 0) is 32.4 Å². The average Bonchev–Trinajstić information content (AvgIpc) is 3.48. The molecule has 0 radical (unpaired) electrons. The first-order chi connectivity index (χ1) is 22.7. The highest BCUT2D eigenvalue weighted by Crippen LogP contribution is 2.08. The van der Waals surface area contributed by atoms with Gasteiger partial charge in [0.05, 0.1) is 44.0 Å². The zero-order valence-electron chi connectivity index (χ0n) is 26.4. The van der Waals surface area contributed by atoms with Gasteiger partial charge in [-0.2, -0.15) is 4.68 Å². The minimum atomic E-state index is -3.92. The fraction of sp³-hybridized carbons (Fsp3) is 0.500. The number of nitrogens with one attached hydrogen (secondary N) is 5. The number of quaternary nitrogens is 1. The lowest BCUT2D eigenvalue weighted by Gasteiger charge is -2.16. The van der Waals surface area contributed by atoms with Gasteiger partial charge in [-0.1, -0.05) is 17.3 Å². The first kappa shape index (κ1) is 40.8. The molecule has 2 aromatic rings. The van der Waals surface area contributed by atoms with Crippen LogP contribution in [0.2, 0.25) is 0 Å². The van der Waals surface area contributed by atoms with Gasteiger partial charge < -0.3 is 41.6 Å². The molecule has 48 heavy (non-hydrogen) atoms. The number of carbonyl (C=O) groups excluding carboxylic acids is 6. The summed E-state index contributed by atoms with van der Waals surface area (Å²) in [6, 6.07) is 4.85. The van der Waals surface area contributed by atoms with E-state index >= 15 is 0 Å². The molecule has 9 N–H and O–H groups in total. The summed E-state index contributed by atoms with van der Waals surface area (Å²) in [6.07, 6.45) is -0.437. The van der Waals surface area contributed by atoms with Crippen molar-refractivity contribution in [3.63, 3.8) is 0 Å². The maximum atomic E-state index is 12.1. The van der Waals surface area contributed by atoms with Crippen molar-refractivity contribution in [3.8, 4) is 0 Å². The molecule has 0 saturated heterocycles. The largest absolute Gasteiger partial charge is 0.480 e. The van der Waals surface area contributed by atoms with Crippen molar-refractivity contribution in [1.29, 1.82) is 0 Å². The van der Waals surface area contributed by atoms with Crippen molar-refractivity contribution in [3.05, 3.63) is 24.3 Å². The van der Waals surface area contributed by atoms with Gasteiger partial charge in [-0.15, -0.1) is 5.10 Å². The van der Waals surface area contributed by atoms with Crippen LogP contribution in [0.5, 0.6) is 0 Å². The molecule has 1 aromatic heterocycles. The molecule has 1 atom stereocenters. The fourth-order valence-electron chi connectivity index (χ4n) is 3.38. The zero-order valence-corrected chi connectivity index (χ0v) is 27.2. The van der Waals surface area contributed by atoms with Crippen LogP contribution >= 0.6 is 0 Å². The molecule has 0 aliphatic rings. The Kier molecular flexibility index (Phi) is 18.3. The Bertz CT molecular complexity index is 1530. The number of aliphatic carboxylic acids is 1. The van der Waals surface area contributed by atoms with E-state index in [4.69, 9.17) is 14.6 Å². The highest BCUT2D eigenvalue weighted by molar-refractivity contribution is 7.89. The lowest BCUT2D eigenvalue weighted by Crippen LogP contribution is -2.58. The monoisotopic (exact) mass is 702 g/mol. The molecule has 0 fully saturated rings. The Balaban J connectivity index is 0.000000504. The minimum Gasteiger partial charge on any atom is -0.480 e. The number of benzene rings is 1. The number of fused-ring (bicyclic) bond motifs is 1. The van der Waals surface area contributed by atoms with E-state index in [9.17, 15) is 42.0 Å². The predicted octanol–water partition coefficient (Wildman–Crippen LogP) is -4.16. The molecular formula is C26H40N9O12S+. The number of carbonyl (C=O) groups is 7. The summed E-state index contributed by atoms with van der Waals surface area (Å²) in [5.74, 6) is -4.63. The van der Waals surface area contributed by atoms with E-state index in [1.807, 2.05) is 0 Å². The van der Waals surface area contributed by atoms with E-state index in [0.29, 0.717) is 11.0 Å². The minimum absolute atomic E-state index is 0.00459. The molecule has 4 amide bonds. The SMILES string of the molecule is CCOC(=O)CC(NS(=O)(=O)CCCNC(=O)CNC(=O)C[NH3+])C(=O)OCC.O=C(O)CNC(=O)CNC(=O)n1nnc2ccccc21. The van der Waals surface area contributed by atoms with E-state index in [1.54, 1.807) is 38.1 Å². The Morgan fingerprint density at radius 2 is 1.52 bits per heavy atom. The van der Waals surface area contributed by atoms with Gasteiger partial charge in [0.25, 0.3) is 5.91 Å². The molecule has 1 aromatic carbocycles. The number of aromatic nitrogens is 3. The van der Waals surface area contributed by atoms with Crippen LogP contribution in [0.4, 0.5) is 4.79 Å². The van der Waals surface area contributed by atoms with Gasteiger partial charge in [0, 0.05) is 6.54 Å². The molecular weight excluding hydrogens is 662 g/mol. The number of carboxylic acid groups (broad SMARTS) is 1. The van der Waals surface area contributed by atoms with E-state index in [-0.39, 0.29) is 51.7 Å². The summed E-state index contributed by atoms with van der Waals surface area (Å²) in [5, 5.41) is 25.1. The zero-order chi connectivity index (χ0) is 36.1. The second-order valence-electron chi connectivity index (χ2n) is 9.30. The molecule has 21 nitrogen and oxygen atoms in total. The third-order valence-corrected chi connectivity index (χ3v) is 7.01. The topological polar surface area (TPSA) is 311 Å². The Morgan fingerprint density at radius 1 is 0.896 bits per heavy atom. The van der Waals surface area contributed by atoms with Crippen LogP contribution in [0, 0.1) is 0 Å². The Hall–Kier alpha value is -5.22. The van der Waals surface area contributed by atoms with Crippen LogP contribution in [-0.4, -0.2) is 128 Å². The number of para-hydroxylation sites is 1. The molecule has 0 spiro atoms. The van der Waals surface area contributed by atoms with Gasteiger partial charge in [0.2, 0.25) is 21.8 Å². The summed E-state index contributed by atoms with van der Waals surface area (Å²) < 4.78 is 36.9. The highest BCUT2D eigenvalue weighted by atomic mass is 32.2. The molecule has 0 aliphatic heterocycles. The Labute approximate surface area is 274 Å². The van der Waals surface area contributed by atoms with Gasteiger partial charge in [0.15, 0.2) is 6.54 Å². The number of ether oxygens (including phenoxy) is 2.